The Kier molecular flexibility index (Phi) is 6.42. The van der Waals surface area contributed by atoms with Crippen molar-refractivity contribution in [2.75, 3.05) is 13.1 Å². The molecule has 6 heteroatoms. The molecule has 5 nitrogen and oxygen atoms in total. The van der Waals surface area contributed by atoms with Crippen LogP contribution in [-0.2, 0) is 10.2 Å². The fraction of sp³-hybridized carbons (Fsp3) is 0.562. The van der Waals surface area contributed by atoms with Gasteiger partial charge in [0.25, 0.3) is 0 Å². The quantitative estimate of drug-likeness (QED) is 0.746. The third-order valence-electron chi connectivity index (χ3n) is 3.72. The van der Waals surface area contributed by atoms with Gasteiger partial charge in [-0.3, -0.25) is 4.98 Å². The Hall–Kier alpha value is -1.09. The summed E-state index contributed by atoms with van der Waals surface area (Å²) in [6, 6.07) is 6.20. The number of aromatic nitrogens is 1. The minimum atomic E-state index is -0.526. The van der Waals surface area contributed by atoms with Gasteiger partial charge in [0.05, 0.1) is 11.5 Å². The fourth-order valence-electron chi connectivity index (χ4n) is 2.53. The molecule has 1 aliphatic rings. The fourth-order valence-corrected chi connectivity index (χ4v) is 2.53. The summed E-state index contributed by atoms with van der Waals surface area (Å²) in [6.45, 7) is 6.62. The van der Waals surface area contributed by atoms with Crippen LogP contribution in [0.4, 0.5) is 4.79 Å². The van der Waals surface area contributed by atoms with Crippen LogP contribution < -0.4 is 0 Å². The SMILES string of the molecule is CC(C)(C)OC(=O)N1CCC(C#N)(c2ccncc2)CC1.[NaH]. The number of likely N-dealkylation sites (tertiary alicyclic amines) is 1. The molecule has 0 radical (unpaired) electrons. The number of nitriles is 1. The zero-order valence-electron chi connectivity index (χ0n) is 12.8. The normalized spacial score (nSPS) is 17.1. The number of carbonyl (C=O) groups is 1. The molecule has 0 unspecified atom stereocenters. The first kappa shape index (κ1) is 19.0. The summed E-state index contributed by atoms with van der Waals surface area (Å²) in [6.07, 6.45) is 4.34. The van der Waals surface area contributed by atoms with Gasteiger partial charge in [0, 0.05) is 25.5 Å². The van der Waals surface area contributed by atoms with Gasteiger partial charge in [0.15, 0.2) is 0 Å². The number of carbonyl (C=O) groups excluding carboxylic acids is 1. The maximum absolute atomic E-state index is 12.1. The Balaban J connectivity index is 0.00000242. The topological polar surface area (TPSA) is 66.2 Å². The summed E-state index contributed by atoms with van der Waals surface area (Å²) in [4.78, 5) is 17.7. The monoisotopic (exact) mass is 311 g/mol. The molecule has 1 aromatic rings. The molecule has 1 aromatic heterocycles. The Morgan fingerprint density at radius 3 is 2.32 bits per heavy atom. The summed E-state index contributed by atoms with van der Waals surface area (Å²) < 4.78 is 5.38. The van der Waals surface area contributed by atoms with Gasteiger partial charge in [-0.1, -0.05) is 0 Å². The van der Waals surface area contributed by atoms with Gasteiger partial charge in [-0.2, -0.15) is 5.26 Å². The second kappa shape index (κ2) is 7.45. The summed E-state index contributed by atoms with van der Waals surface area (Å²) in [5.74, 6) is 0. The molecule has 0 atom stereocenters. The molecule has 0 aliphatic carbocycles. The molecule has 114 valence electrons. The Bertz CT molecular complexity index is 541. The van der Waals surface area contributed by atoms with Crippen molar-refractivity contribution in [1.29, 1.82) is 5.26 Å². The molecule has 2 rings (SSSR count). The van der Waals surface area contributed by atoms with Gasteiger partial charge in [-0.15, -0.1) is 0 Å². The van der Waals surface area contributed by atoms with E-state index in [9.17, 15) is 10.1 Å². The molecule has 1 amide bonds. The zero-order valence-corrected chi connectivity index (χ0v) is 12.8. The van der Waals surface area contributed by atoms with Gasteiger partial charge in [0.2, 0.25) is 0 Å². The zero-order chi connectivity index (χ0) is 15.5. The van der Waals surface area contributed by atoms with Crippen LogP contribution in [0.3, 0.4) is 0 Å². The van der Waals surface area contributed by atoms with E-state index in [1.165, 1.54) is 0 Å². The second-order valence-corrected chi connectivity index (χ2v) is 6.40. The van der Waals surface area contributed by atoms with E-state index in [-0.39, 0.29) is 35.7 Å². The molecular weight excluding hydrogens is 289 g/mol. The van der Waals surface area contributed by atoms with E-state index in [0.717, 1.165) is 5.56 Å². The minimum absolute atomic E-state index is 0. The van der Waals surface area contributed by atoms with E-state index in [0.29, 0.717) is 25.9 Å². The third kappa shape index (κ3) is 4.45. The van der Waals surface area contributed by atoms with E-state index in [4.69, 9.17) is 4.74 Å². The van der Waals surface area contributed by atoms with Crippen LogP contribution in [0.5, 0.6) is 0 Å². The van der Waals surface area contributed by atoms with Crippen molar-refractivity contribution < 1.29 is 9.53 Å². The number of rotatable bonds is 1. The van der Waals surface area contributed by atoms with Crippen molar-refractivity contribution in [3.63, 3.8) is 0 Å². The van der Waals surface area contributed by atoms with E-state index in [2.05, 4.69) is 11.1 Å². The van der Waals surface area contributed by atoms with Crippen LogP contribution in [-0.4, -0.2) is 64.2 Å². The Labute approximate surface area is 154 Å². The van der Waals surface area contributed by atoms with E-state index in [1.807, 2.05) is 32.9 Å². The van der Waals surface area contributed by atoms with Crippen molar-refractivity contribution >= 4 is 35.7 Å². The molecule has 0 N–H and O–H groups in total. The van der Waals surface area contributed by atoms with Crippen LogP contribution in [0.1, 0.15) is 39.2 Å². The molecule has 0 aromatic carbocycles. The van der Waals surface area contributed by atoms with Crippen LogP contribution in [0.15, 0.2) is 24.5 Å². The van der Waals surface area contributed by atoms with Crippen molar-refractivity contribution in [1.82, 2.24) is 9.88 Å². The second-order valence-electron chi connectivity index (χ2n) is 6.40. The summed E-state index contributed by atoms with van der Waals surface area (Å²) in [7, 11) is 0. The van der Waals surface area contributed by atoms with Crippen molar-refractivity contribution in [2.45, 2.75) is 44.6 Å². The number of nitrogens with zero attached hydrogens (tertiary/aromatic N) is 3. The van der Waals surface area contributed by atoms with Crippen LogP contribution >= 0.6 is 0 Å². The molecule has 2 heterocycles. The molecule has 1 saturated heterocycles. The number of amides is 1. The molecule has 0 spiro atoms. The molecule has 0 saturated carbocycles. The van der Waals surface area contributed by atoms with Crippen molar-refractivity contribution in [3.8, 4) is 6.07 Å². The van der Waals surface area contributed by atoms with Gasteiger partial charge in [-0.05, 0) is 51.3 Å². The molecule has 22 heavy (non-hydrogen) atoms. The number of ether oxygens (including phenoxy) is 1. The van der Waals surface area contributed by atoms with Crippen LogP contribution in [0.25, 0.3) is 0 Å². The maximum atomic E-state index is 12.1. The molecule has 0 bridgehead atoms. The summed E-state index contributed by atoms with van der Waals surface area (Å²) in [5, 5.41) is 9.60. The number of hydrogen-bond donors (Lipinski definition) is 0. The van der Waals surface area contributed by atoms with Gasteiger partial charge < -0.3 is 9.64 Å². The third-order valence-corrected chi connectivity index (χ3v) is 3.72. The van der Waals surface area contributed by atoms with Gasteiger partial charge in [-0.25, -0.2) is 4.79 Å². The average Bonchev–Trinajstić information content (AvgIpc) is 2.46. The first-order valence-electron chi connectivity index (χ1n) is 7.16. The van der Waals surface area contributed by atoms with E-state index >= 15 is 0 Å². The van der Waals surface area contributed by atoms with Crippen molar-refractivity contribution in [3.05, 3.63) is 30.1 Å². The number of pyridine rings is 1. The average molecular weight is 311 g/mol. The number of hydrogen-bond acceptors (Lipinski definition) is 4. The van der Waals surface area contributed by atoms with Gasteiger partial charge >= 0.3 is 35.7 Å². The molecular formula is C16H22N3NaO2. The molecule has 1 fully saturated rings. The summed E-state index contributed by atoms with van der Waals surface area (Å²) in [5.41, 5.74) is -0.0447. The van der Waals surface area contributed by atoms with Gasteiger partial charge in [0.1, 0.15) is 5.60 Å². The van der Waals surface area contributed by atoms with Crippen LogP contribution in [0.2, 0.25) is 0 Å². The number of piperidine rings is 1. The molecule has 1 aliphatic heterocycles. The standard InChI is InChI=1S/C16H21N3O2.Na.H/c1-15(2,3)21-14(20)19-10-6-16(12-17,7-11-19)13-4-8-18-9-5-13;;/h4-5,8-9H,6-7,10-11H2,1-3H3;;. The van der Waals surface area contributed by atoms with Crippen molar-refractivity contribution in [2.24, 2.45) is 0 Å². The Morgan fingerprint density at radius 2 is 1.86 bits per heavy atom. The van der Waals surface area contributed by atoms with Crippen LogP contribution in [0, 0.1) is 11.3 Å². The Morgan fingerprint density at radius 1 is 1.32 bits per heavy atom. The first-order valence-corrected chi connectivity index (χ1v) is 7.16. The van der Waals surface area contributed by atoms with E-state index in [1.54, 1.807) is 17.3 Å². The first-order chi connectivity index (χ1) is 9.86. The van der Waals surface area contributed by atoms with E-state index < -0.39 is 11.0 Å². The predicted molar refractivity (Wildman–Crippen MR) is 85.7 cm³/mol. The summed E-state index contributed by atoms with van der Waals surface area (Å²) >= 11 is 0. The predicted octanol–water partition coefficient (Wildman–Crippen LogP) is 2.23.